The Hall–Kier alpha value is -1.35. The molecule has 0 aliphatic carbocycles. The fourth-order valence-electron chi connectivity index (χ4n) is 3.84. The maximum absolute atomic E-state index is 12.9. The first-order valence-corrected chi connectivity index (χ1v) is 8.17. The molecule has 1 amide bonds. The van der Waals surface area contributed by atoms with E-state index in [9.17, 15) is 4.79 Å². The number of amides is 1. The SMILES string of the molecule is CC1CC(C)C(C)N(C(=O)C2Cc3ccccc3CN2)C1. The van der Waals surface area contributed by atoms with Gasteiger partial charge in [-0.3, -0.25) is 4.79 Å². The summed E-state index contributed by atoms with van der Waals surface area (Å²) in [5.74, 6) is 1.49. The summed E-state index contributed by atoms with van der Waals surface area (Å²) < 4.78 is 0. The summed E-state index contributed by atoms with van der Waals surface area (Å²) in [6.07, 6.45) is 2.05. The van der Waals surface area contributed by atoms with Crippen molar-refractivity contribution < 1.29 is 4.79 Å². The molecule has 1 N–H and O–H groups in total. The molecule has 21 heavy (non-hydrogen) atoms. The third-order valence-electron chi connectivity index (χ3n) is 5.26. The second kappa shape index (κ2) is 5.80. The molecule has 2 aliphatic heterocycles. The van der Waals surface area contributed by atoms with Gasteiger partial charge in [0.25, 0.3) is 0 Å². The largest absolute Gasteiger partial charge is 0.338 e. The van der Waals surface area contributed by atoms with Crippen molar-refractivity contribution in [3.05, 3.63) is 35.4 Å². The maximum atomic E-state index is 12.9. The molecule has 1 fully saturated rings. The number of carbonyl (C=O) groups is 1. The number of rotatable bonds is 1. The molecule has 4 unspecified atom stereocenters. The standard InChI is InChI=1S/C18H26N2O/c1-12-8-13(2)14(3)20(11-12)18(21)17-9-15-6-4-5-7-16(15)10-19-17/h4-7,12-14,17,19H,8-11H2,1-3H3. The number of hydrogen-bond acceptors (Lipinski definition) is 2. The van der Waals surface area contributed by atoms with Gasteiger partial charge in [0.05, 0.1) is 6.04 Å². The molecular weight excluding hydrogens is 260 g/mol. The molecule has 1 aromatic carbocycles. The van der Waals surface area contributed by atoms with E-state index in [2.05, 4.69) is 55.3 Å². The van der Waals surface area contributed by atoms with E-state index in [0.29, 0.717) is 17.9 Å². The highest BCUT2D eigenvalue weighted by molar-refractivity contribution is 5.83. The van der Waals surface area contributed by atoms with Gasteiger partial charge in [-0.2, -0.15) is 0 Å². The third-order valence-corrected chi connectivity index (χ3v) is 5.26. The molecule has 2 aliphatic rings. The monoisotopic (exact) mass is 286 g/mol. The molecule has 1 aromatic rings. The fraction of sp³-hybridized carbons (Fsp3) is 0.611. The lowest BCUT2D eigenvalue weighted by atomic mass is 9.85. The lowest BCUT2D eigenvalue weighted by Gasteiger charge is -2.43. The Bertz CT molecular complexity index is 528. The summed E-state index contributed by atoms with van der Waals surface area (Å²) in [7, 11) is 0. The smallest absolute Gasteiger partial charge is 0.240 e. The molecule has 3 heteroatoms. The van der Waals surface area contributed by atoms with E-state index in [4.69, 9.17) is 0 Å². The van der Waals surface area contributed by atoms with Crippen molar-refractivity contribution in [3.8, 4) is 0 Å². The molecule has 0 bridgehead atoms. The molecule has 114 valence electrons. The Morgan fingerprint density at radius 2 is 1.90 bits per heavy atom. The number of benzene rings is 1. The predicted molar refractivity (Wildman–Crippen MR) is 84.9 cm³/mol. The quantitative estimate of drug-likeness (QED) is 0.860. The van der Waals surface area contributed by atoms with Crippen LogP contribution in [-0.4, -0.2) is 29.4 Å². The highest BCUT2D eigenvalue weighted by Gasteiger charge is 2.36. The van der Waals surface area contributed by atoms with E-state index in [1.165, 1.54) is 17.5 Å². The number of fused-ring (bicyclic) bond motifs is 1. The average molecular weight is 286 g/mol. The van der Waals surface area contributed by atoms with Crippen LogP contribution in [0.15, 0.2) is 24.3 Å². The second-order valence-electron chi connectivity index (χ2n) is 6.96. The minimum atomic E-state index is -0.0557. The minimum Gasteiger partial charge on any atom is -0.338 e. The van der Waals surface area contributed by atoms with Gasteiger partial charge in [0.15, 0.2) is 0 Å². The minimum absolute atomic E-state index is 0.0557. The van der Waals surface area contributed by atoms with Crippen LogP contribution in [-0.2, 0) is 17.8 Å². The zero-order valence-corrected chi connectivity index (χ0v) is 13.3. The fourth-order valence-corrected chi connectivity index (χ4v) is 3.84. The van der Waals surface area contributed by atoms with Crippen molar-refractivity contribution in [3.63, 3.8) is 0 Å². The zero-order valence-electron chi connectivity index (χ0n) is 13.3. The molecule has 0 saturated carbocycles. The van der Waals surface area contributed by atoms with Crippen LogP contribution in [0.4, 0.5) is 0 Å². The lowest BCUT2D eigenvalue weighted by Crippen LogP contribution is -2.56. The van der Waals surface area contributed by atoms with E-state index in [-0.39, 0.29) is 11.9 Å². The number of likely N-dealkylation sites (tertiary alicyclic amines) is 1. The first kappa shape index (κ1) is 14.6. The van der Waals surface area contributed by atoms with Crippen LogP contribution >= 0.6 is 0 Å². The summed E-state index contributed by atoms with van der Waals surface area (Å²) in [4.78, 5) is 15.0. The lowest BCUT2D eigenvalue weighted by molar-refractivity contribution is -0.139. The predicted octanol–water partition coefficient (Wildman–Crippen LogP) is 2.59. The van der Waals surface area contributed by atoms with E-state index >= 15 is 0 Å². The zero-order chi connectivity index (χ0) is 15.0. The maximum Gasteiger partial charge on any atom is 0.240 e. The van der Waals surface area contributed by atoms with Gasteiger partial charge in [0.1, 0.15) is 0 Å². The van der Waals surface area contributed by atoms with Crippen molar-refractivity contribution in [1.82, 2.24) is 10.2 Å². The Labute approximate surface area is 127 Å². The van der Waals surface area contributed by atoms with Gasteiger partial charge in [0, 0.05) is 19.1 Å². The Kier molecular flexibility index (Phi) is 4.03. The van der Waals surface area contributed by atoms with E-state index < -0.39 is 0 Å². The Balaban J connectivity index is 1.74. The van der Waals surface area contributed by atoms with Crippen LogP contribution in [0.3, 0.4) is 0 Å². The number of nitrogens with one attached hydrogen (secondary N) is 1. The van der Waals surface area contributed by atoms with Crippen molar-refractivity contribution >= 4 is 5.91 Å². The van der Waals surface area contributed by atoms with Gasteiger partial charge in [-0.25, -0.2) is 0 Å². The van der Waals surface area contributed by atoms with E-state index in [1.54, 1.807) is 0 Å². The summed E-state index contributed by atoms with van der Waals surface area (Å²) >= 11 is 0. The van der Waals surface area contributed by atoms with Crippen molar-refractivity contribution in [2.75, 3.05) is 6.54 Å². The molecule has 3 nitrogen and oxygen atoms in total. The number of carbonyl (C=O) groups excluding carboxylic acids is 1. The molecule has 0 aromatic heterocycles. The number of hydrogen-bond donors (Lipinski definition) is 1. The number of piperidine rings is 1. The van der Waals surface area contributed by atoms with Gasteiger partial charge in [-0.05, 0) is 42.7 Å². The topological polar surface area (TPSA) is 32.3 Å². The van der Waals surface area contributed by atoms with Gasteiger partial charge in [0.2, 0.25) is 5.91 Å². The third kappa shape index (κ3) is 2.84. The Morgan fingerprint density at radius 1 is 1.19 bits per heavy atom. The first-order valence-electron chi connectivity index (χ1n) is 8.17. The van der Waals surface area contributed by atoms with Crippen LogP contribution in [0, 0.1) is 11.8 Å². The van der Waals surface area contributed by atoms with Gasteiger partial charge in [-0.1, -0.05) is 38.1 Å². The summed E-state index contributed by atoms with van der Waals surface area (Å²) in [6, 6.07) is 8.74. The summed E-state index contributed by atoms with van der Waals surface area (Å²) in [5, 5.41) is 3.43. The van der Waals surface area contributed by atoms with Crippen LogP contribution in [0.5, 0.6) is 0 Å². The molecule has 1 saturated heterocycles. The van der Waals surface area contributed by atoms with E-state index in [1.807, 2.05) is 0 Å². The molecular formula is C18H26N2O. The number of nitrogens with zero attached hydrogens (tertiary/aromatic N) is 1. The van der Waals surface area contributed by atoms with Crippen molar-refractivity contribution in [2.45, 2.75) is 52.2 Å². The Morgan fingerprint density at radius 3 is 2.67 bits per heavy atom. The van der Waals surface area contributed by atoms with Gasteiger partial charge >= 0.3 is 0 Å². The van der Waals surface area contributed by atoms with Gasteiger partial charge < -0.3 is 10.2 Å². The van der Waals surface area contributed by atoms with Crippen molar-refractivity contribution in [1.29, 1.82) is 0 Å². The van der Waals surface area contributed by atoms with Crippen LogP contribution < -0.4 is 5.32 Å². The highest BCUT2D eigenvalue weighted by Crippen LogP contribution is 2.28. The summed E-state index contributed by atoms with van der Waals surface area (Å²) in [6.45, 7) is 8.44. The van der Waals surface area contributed by atoms with Crippen LogP contribution in [0.25, 0.3) is 0 Å². The normalized spacial score (nSPS) is 32.6. The van der Waals surface area contributed by atoms with Crippen molar-refractivity contribution in [2.24, 2.45) is 11.8 Å². The molecule has 0 spiro atoms. The second-order valence-corrected chi connectivity index (χ2v) is 6.96. The van der Waals surface area contributed by atoms with Crippen LogP contribution in [0.2, 0.25) is 0 Å². The van der Waals surface area contributed by atoms with Crippen LogP contribution in [0.1, 0.15) is 38.3 Å². The molecule has 0 radical (unpaired) electrons. The average Bonchev–Trinajstić information content (AvgIpc) is 2.49. The highest BCUT2D eigenvalue weighted by atomic mass is 16.2. The summed E-state index contributed by atoms with van der Waals surface area (Å²) in [5.41, 5.74) is 2.65. The molecule has 2 heterocycles. The molecule has 4 atom stereocenters. The molecule has 3 rings (SSSR count). The van der Waals surface area contributed by atoms with Gasteiger partial charge in [-0.15, -0.1) is 0 Å². The van der Waals surface area contributed by atoms with E-state index in [0.717, 1.165) is 19.5 Å². The first-order chi connectivity index (χ1) is 10.1.